The van der Waals surface area contributed by atoms with Crippen LogP contribution in [-0.2, 0) is 6.18 Å². The van der Waals surface area contributed by atoms with Crippen molar-refractivity contribution in [3.8, 4) is 21.7 Å². The summed E-state index contributed by atoms with van der Waals surface area (Å²) in [4.78, 5) is 8.75. The van der Waals surface area contributed by atoms with Crippen LogP contribution in [0, 0.1) is 0 Å². The molecule has 0 amide bonds. The molecule has 31 heavy (non-hydrogen) atoms. The lowest BCUT2D eigenvalue weighted by Gasteiger charge is -2.22. The molecule has 0 aliphatic carbocycles. The summed E-state index contributed by atoms with van der Waals surface area (Å²) in [7, 11) is 0. The Balaban J connectivity index is 1.55. The molecular weight excluding hydrogens is 425 g/mol. The number of rotatable bonds is 3. The summed E-state index contributed by atoms with van der Waals surface area (Å²) in [6.45, 7) is 1.92. The normalized spacial score (nSPS) is 15.6. The monoisotopic (exact) mass is 444 g/mol. The Morgan fingerprint density at radius 3 is 2.65 bits per heavy atom. The van der Waals surface area contributed by atoms with Gasteiger partial charge in [0.1, 0.15) is 10.8 Å². The van der Waals surface area contributed by atoms with Crippen LogP contribution < -0.4 is 11.1 Å². The molecule has 0 saturated carbocycles. The highest BCUT2D eigenvalue weighted by Crippen LogP contribution is 2.39. The van der Waals surface area contributed by atoms with E-state index in [1.54, 1.807) is 12.4 Å². The Morgan fingerprint density at radius 2 is 1.87 bits per heavy atom. The second kappa shape index (κ2) is 7.61. The minimum atomic E-state index is -4.41. The van der Waals surface area contributed by atoms with Gasteiger partial charge in [-0.25, -0.2) is 9.97 Å². The fourth-order valence-electron chi connectivity index (χ4n) is 3.96. The molecule has 160 valence electrons. The lowest BCUT2D eigenvalue weighted by molar-refractivity contribution is -0.137. The number of aromatic nitrogens is 4. The number of piperidine rings is 1. The molecule has 0 radical (unpaired) electrons. The van der Waals surface area contributed by atoms with Crippen molar-refractivity contribution in [2.75, 3.05) is 18.8 Å². The number of nitrogen functional groups attached to an aromatic ring is 1. The van der Waals surface area contributed by atoms with Crippen LogP contribution in [0.1, 0.15) is 30.0 Å². The molecule has 0 bridgehead atoms. The zero-order valence-corrected chi connectivity index (χ0v) is 17.1. The van der Waals surface area contributed by atoms with Gasteiger partial charge in [-0.2, -0.15) is 18.3 Å². The summed E-state index contributed by atoms with van der Waals surface area (Å²) in [6.07, 6.45) is 1.10. The number of anilines is 1. The average Bonchev–Trinajstić information content (AvgIpc) is 3.41. The summed E-state index contributed by atoms with van der Waals surface area (Å²) in [5.41, 5.74) is 9.17. The van der Waals surface area contributed by atoms with Crippen LogP contribution in [0.3, 0.4) is 0 Å². The SMILES string of the molecule is Nc1ncc(-c2cn[nH]c2C2CCNCC2)cc1-c1nc2cc(C(F)(F)F)ccc2s1. The molecule has 4 aromatic rings. The predicted octanol–water partition coefficient (Wildman–Crippen LogP) is 4.82. The fraction of sp³-hybridized carbons (Fsp3) is 0.286. The fourth-order valence-corrected chi connectivity index (χ4v) is 4.93. The summed E-state index contributed by atoms with van der Waals surface area (Å²) >= 11 is 1.29. The maximum absolute atomic E-state index is 13.0. The van der Waals surface area contributed by atoms with Crippen LogP contribution >= 0.6 is 11.3 Å². The van der Waals surface area contributed by atoms with Crippen LogP contribution in [0.15, 0.2) is 36.7 Å². The standard InChI is InChI=1S/C21H19F3N6S/c22-21(23,24)13-1-2-17-16(8-13)29-20(31-17)14-7-12(9-27-19(14)25)15-10-28-30-18(15)11-3-5-26-6-4-11/h1-2,7-11,26H,3-6H2,(H2,25,27)(H,28,30). The van der Waals surface area contributed by atoms with Crippen molar-refractivity contribution in [2.45, 2.75) is 24.9 Å². The molecule has 10 heteroatoms. The third-order valence-electron chi connectivity index (χ3n) is 5.59. The molecule has 1 aliphatic heterocycles. The van der Waals surface area contributed by atoms with Crippen molar-refractivity contribution in [1.29, 1.82) is 0 Å². The van der Waals surface area contributed by atoms with Gasteiger partial charge in [-0.1, -0.05) is 0 Å². The number of H-pyrrole nitrogens is 1. The molecule has 0 spiro atoms. The second-order valence-corrected chi connectivity index (χ2v) is 8.61. The summed E-state index contributed by atoms with van der Waals surface area (Å²) < 4.78 is 39.8. The Morgan fingerprint density at radius 1 is 1.06 bits per heavy atom. The predicted molar refractivity (Wildman–Crippen MR) is 115 cm³/mol. The minimum absolute atomic E-state index is 0.283. The highest BCUT2D eigenvalue weighted by molar-refractivity contribution is 7.21. The highest BCUT2D eigenvalue weighted by Gasteiger charge is 2.31. The number of halogens is 3. The van der Waals surface area contributed by atoms with E-state index in [1.807, 2.05) is 6.07 Å². The number of hydrogen-bond acceptors (Lipinski definition) is 6. The van der Waals surface area contributed by atoms with E-state index in [9.17, 15) is 13.2 Å². The largest absolute Gasteiger partial charge is 0.416 e. The molecule has 4 N–H and O–H groups in total. The first kappa shape index (κ1) is 20.0. The van der Waals surface area contributed by atoms with Gasteiger partial charge in [-0.05, 0) is 50.2 Å². The number of nitrogens with two attached hydrogens (primary N) is 1. The number of nitrogens with one attached hydrogen (secondary N) is 2. The lowest BCUT2D eigenvalue weighted by Crippen LogP contribution is -2.27. The van der Waals surface area contributed by atoms with Crippen LogP contribution in [0.25, 0.3) is 31.9 Å². The Kier molecular flexibility index (Phi) is 4.90. The molecule has 1 fully saturated rings. The number of aromatic amines is 1. The Labute approximate surface area is 179 Å². The summed E-state index contributed by atoms with van der Waals surface area (Å²) in [5.74, 6) is 0.661. The van der Waals surface area contributed by atoms with Crippen molar-refractivity contribution >= 4 is 27.4 Å². The van der Waals surface area contributed by atoms with E-state index in [0.717, 1.165) is 54.9 Å². The summed E-state index contributed by atoms with van der Waals surface area (Å²) in [5, 5.41) is 11.3. The third kappa shape index (κ3) is 3.77. The van der Waals surface area contributed by atoms with E-state index in [2.05, 4.69) is 25.5 Å². The molecule has 1 saturated heterocycles. The molecule has 1 aromatic carbocycles. The quantitative estimate of drug-likeness (QED) is 0.422. The maximum Gasteiger partial charge on any atom is 0.416 e. The molecular formula is C21H19F3N6S. The summed E-state index contributed by atoms with van der Waals surface area (Å²) in [6, 6.07) is 5.46. The van der Waals surface area contributed by atoms with Crippen LogP contribution in [0.5, 0.6) is 0 Å². The Bertz CT molecular complexity index is 1240. The molecule has 3 aromatic heterocycles. The topological polar surface area (TPSA) is 92.5 Å². The molecule has 6 nitrogen and oxygen atoms in total. The van der Waals surface area contributed by atoms with Crippen molar-refractivity contribution < 1.29 is 13.2 Å². The van der Waals surface area contributed by atoms with Crippen LogP contribution in [-0.4, -0.2) is 33.3 Å². The van der Waals surface area contributed by atoms with Gasteiger partial charge in [0.2, 0.25) is 0 Å². The number of alkyl halides is 3. The molecule has 1 aliphatic rings. The van der Waals surface area contributed by atoms with Gasteiger partial charge in [0.05, 0.1) is 27.5 Å². The van der Waals surface area contributed by atoms with E-state index in [1.165, 1.54) is 17.4 Å². The van der Waals surface area contributed by atoms with Gasteiger partial charge >= 0.3 is 6.18 Å². The Hall–Kier alpha value is -2.98. The van der Waals surface area contributed by atoms with Gasteiger partial charge < -0.3 is 11.1 Å². The molecule has 4 heterocycles. The van der Waals surface area contributed by atoms with Crippen molar-refractivity contribution in [1.82, 2.24) is 25.5 Å². The first-order valence-corrected chi connectivity index (χ1v) is 10.7. The number of hydrogen-bond donors (Lipinski definition) is 3. The van der Waals surface area contributed by atoms with E-state index < -0.39 is 11.7 Å². The highest BCUT2D eigenvalue weighted by atomic mass is 32.1. The molecule has 0 unspecified atom stereocenters. The smallest absolute Gasteiger partial charge is 0.383 e. The van der Waals surface area contributed by atoms with E-state index >= 15 is 0 Å². The van der Waals surface area contributed by atoms with Crippen molar-refractivity contribution in [3.63, 3.8) is 0 Å². The number of thiazole rings is 1. The maximum atomic E-state index is 13.0. The van der Waals surface area contributed by atoms with Gasteiger partial charge in [-0.15, -0.1) is 11.3 Å². The van der Waals surface area contributed by atoms with Crippen LogP contribution in [0.2, 0.25) is 0 Å². The lowest BCUT2D eigenvalue weighted by atomic mass is 9.90. The van der Waals surface area contributed by atoms with Gasteiger partial charge in [0.15, 0.2) is 0 Å². The first-order valence-electron chi connectivity index (χ1n) is 9.88. The zero-order chi connectivity index (χ0) is 21.6. The van der Waals surface area contributed by atoms with Gasteiger partial charge in [-0.3, -0.25) is 5.10 Å². The van der Waals surface area contributed by atoms with Gasteiger partial charge in [0.25, 0.3) is 0 Å². The van der Waals surface area contributed by atoms with Crippen molar-refractivity contribution in [2.24, 2.45) is 0 Å². The first-order chi connectivity index (χ1) is 14.9. The zero-order valence-electron chi connectivity index (χ0n) is 16.3. The molecule has 0 atom stereocenters. The van der Waals surface area contributed by atoms with Crippen LogP contribution in [0.4, 0.5) is 19.0 Å². The van der Waals surface area contributed by atoms with E-state index in [0.29, 0.717) is 26.7 Å². The van der Waals surface area contributed by atoms with Crippen molar-refractivity contribution in [3.05, 3.63) is 47.9 Å². The number of nitrogens with zero attached hydrogens (tertiary/aromatic N) is 3. The minimum Gasteiger partial charge on any atom is -0.383 e. The van der Waals surface area contributed by atoms with E-state index in [-0.39, 0.29) is 5.82 Å². The number of pyridine rings is 1. The number of benzene rings is 1. The van der Waals surface area contributed by atoms with Gasteiger partial charge in [0, 0.05) is 28.9 Å². The average molecular weight is 444 g/mol. The molecule has 5 rings (SSSR count). The van der Waals surface area contributed by atoms with E-state index in [4.69, 9.17) is 5.73 Å². The second-order valence-electron chi connectivity index (χ2n) is 7.58. The number of fused-ring (bicyclic) bond motifs is 1. The third-order valence-corrected chi connectivity index (χ3v) is 6.66.